The second-order valence-corrected chi connectivity index (χ2v) is 7.38. The number of carbonyl (C=O) groups is 2. The summed E-state index contributed by atoms with van der Waals surface area (Å²) in [6.45, 7) is 0.253. The average Bonchev–Trinajstić information content (AvgIpc) is 3.11. The molecule has 6 nitrogen and oxygen atoms in total. The van der Waals surface area contributed by atoms with E-state index in [2.05, 4.69) is 10.6 Å². The maximum absolute atomic E-state index is 12.3. The Kier molecular flexibility index (Phi) is 6.38. The Hall–Kier alpha value is -2.77. The molecular formula is C21H23N3O3S. The molecule has 0 aliphatic carbocycles. The summed E-state index contributed by atoms with van der Waals surface area (Å²) in [7, 11) is 3.80. The van der Waals surface area contributed by atoms with E-state index >= 15 is 0 Å². The van der Waals surface area contributed by atoms with Gasteiger partial charge in [-0.3, -0.25) is 14.5 Å². The molecule has 0 unspecified atom stereocenters. The molecule has 0 aliphatic rings. The van der Waals surface area contributed by atoms with Crippen LogP contribution < -0.4 is 10.6 Å². The van der Waals surface area contributed by atoms with Gasteiger partial charge in [0.2, 0.25) is 0 Å². The number of anilines is 1. The molecule has 0 aliphatic heterocycles. The third-order valence-electron chi connectivity index (χ3n) is 4.41. The Morgan fingerprint density at radius 3 is 2.50 bits per heavy atom. The second kappa shape index (κ2) is 8.95. The number of hydrogen-bond acceptors (Lipinski definition) is 5. The topological polar surface area (TPSA) is 74.6 Å². The predicted octanol–water partition coefficient (Wildman–Crippen LogP) is 3.51. The number of likely N-dealkylation sites (N-methyl/N-ethyl adjacent to an activating group) is 1. The highest BCUT2D eigenvalue weighted by molar-refractivity contribution is 7.98. The number of nitrogens with zero attached hydrogens (tertiary/aromatic N) is 1. The fraction of sp³-hybridized carbons (Fsp3) is 0.238. The molecule has 146 valence electrons. The van der Waals surface area contributed by atoms with Crippen molar-refractivity contribution in [2.45, 2.75) is 10.9 Å². The van der Waals surface area contributed by atoms with E-state index in [9.17, 15) is 9.59 Å². The van der Waals surface area contributed by atoms with Gasteiger partial charge in [0, 0.05) is 16.8 Å². The van der Waals surface area contributed by atoms with Gasteiger partial charge in [-0.15, -0.1) is 11.8 Å². The van der Waals surface area contributed by atoms with E-state index in [1.54, 1.807) is 6.07 Å². The number of fused-ring (bicyclic) bond motifs is 1. The molecule has 0 bridgehead atoms. The SMILES string of the molecule is CSc1ccccc1NC(=O)C(=O)NC[C@H](c1cc2ccccc2o1)N(C)C. The molecule has 1 heterocycles. The Bertz CT molecular complexity index is 951. The Morgan fingerprint density at radius 2 is 1.79 bits per heavy atom. The second-order valence-electron chi connectivity index (χ2n) is 6.53. The van der Waals surface area contributed by atoms with Gasteiger partial charge >= 0.3 is 11.8 Å². The van der Waals surface area contributed by atoms with Crippen LogP contribution in [0.15, 0.2) is 63.9 Å². The quantitative estimate of drug-likeness (QED) is 0.492. The van der Waals surface area contributed by atoms with Crippen LogP contribution in [0.3, 0.4) is 0 Å². The first-order valence-corrected chi connectivity index (χ1v) is 10.1. The molecule has 0 radical (unpaired) electrons. The summed E-state index contributed by atoms with van der Waals surface area (Å²) in [5.74, 6) is -0.637. The highest BCUT2D eigenvalue weighted by Gasteiger charge is 2.22. The number of furan rings is 1. The third-order valence-corrected chi connectivity index (χ3v) is 5.21. The number of benzene rings is 2. The lowest BCUT2D eigenvalue weighted by molar-refractivity contribution is -0.136. The summed E-state index contributed by atoms with van der Waals surface area (Å²) in [5.41, 5.74) is 1.42. The van der Waals surface area contributed by atoms with E-state index < -0.39 is 11.8 Å². The predicted molar refractivity (Wildman–Crippen MR) is 113 cm³/mol. The normalized spacial score (nSPS) is 12.1. The van der Waals surface area contributed by atoms with Crippen LogP contribution in [0.1, 0.15) is 11.8 Å². The van der Waals surface area contributed by atoms with Crippen molar-refractivity contribution in [2.24, 2.45) is 0 Å². The van der Waals surface area contributed by atoms with Crippen LogP contribution in [-0.4, -0.2) is 43.6 Å². The van der Waals surface area contributed by atoms with E-state index in [0.29, 0.717) is 5.69 Å². The van der Waals surface area contributed by atoms with Gasteiger partial charge in [0.05, 0.1) is 11.7 Å². The fourth-order valence-electron chi connectivity index (χ4n) is 2.90. The molecule has 2 aromatic carbocycles. The molecule has 2 amide bonds. The number of hydrogen-bond donors (Lipinski definition) is 2. The van der Waals surface area contributed by atoms with Crippen molar-refractivity contribution in [3.05, 3.63) is 60.4 Å². The smallest absolute Gasteiger partial charge is 0.313 e. The van der Waals surface area contributed by atoms with Crippen molar-refractivity contribution in [1.82, 2.24) is 10.2 Å². The van der Waals surface area contributed by atoms with Gasteiger partial charge in [0.25, 0.3) is 0 Å². The molecule has 7 heteroatoms. The van der Waals surface area contributed by atoms with E-state index in [1.807, 2.05) is 73.8 Å². The summed E-state index contributed by atoms with van der Waals surface area (Å²) >= 11 is 1.51. The van der Waals surface area contributed by atoms with Gasteiger partial charge in [-0.1, -0.05) is 30.3 Å². The van der Waals surface area contributed by atoms with Crippen molar-refractivity contribution >= 4 is 40.2 Å². The van der Waals surface area contributed by atoms with Gasteiger partial charge < -0.3 is 15.1 Å². The van der Waals surface area contributed by atoms with Crippen LogP contribution >= 0.6 is 11.8 Å². The molecule has 0 saturated carbocycles. The lowest BCUT2D eigenvalue weighted by Crippen LogP contribution is -2.40. The highest BCUT2D eigenvalue weighted by Crippen LogP contribution is 2.26. The summed E-state index contributed by atoms with van der Waals surface area (Å²) in [6, 6.07) is 16.9. The first-order chi connectivity index (χ1) is 13.5. The number of para-hydroxylation sites is 2. The molecule has 28 heavy (non-hydrogen) atoms. The van der Waals surface area contributed by atoms with E-state index in [1.165, 1.54) is 11.8 Å². The first-order valence-electron chi connectivity index (χ1n) is 8.86. The first kappa shape index (κ1) is 20.0. The van der Waals surface area contributed by atoms with Crippen LogP contribution in [-0.2, 0) is 9.59 Å². The number of nitrogens with one attached hydrogen (secondary N) is 2. The average molecular weight is 398 g/mol. The number of rotatable bonds is 6. The van der Waals surface area contributed by atoms with Gasteiger partial charge in [-0.25, -0.2) is 0 Å². The zero-order valence-corrected chi connectivity index (χ0v) is 16.9. The van der Waals surface area contributed by atoms with Crippen LogP contribution in [0.5, 0.6) is 0 Å². The molecule has 1 atom stereocenters. The zero-order chi connectivity index (χ0) is 20.1. The minimum atomic E-state index is -0.691. The van der Waals surface area contributed by atoms with Crippen molar-refractivity contribution in [3.63, 3.8) is 0 Å². The highest BCUT2D eigenvalue weighted by atomic mass is 32.2. The number of thioether (sulfide) groups is 1. The minimum absolute atomic E-state index is 0.192. The lowest BCUT2D eigenvalue weighted by Gasteiger charge is -2.22. The molecule has 0 saturated heterocycles. The van der Waals surface area contributed by atoms with E-state index in [0.717, 1.165) is 21.6 Å². The molecule has 3 aromatic rings. The Morgan fingerprint density at radius 1 is 1.07 bits per heavy atom. The fourth-order valence-corrected chi connectivity index (χ4v) is 3.45. The standard InChI is InChI=1S/C21H23N3O3S/c1-24(2)16(18-12-14-8-4-6-10-17(14)27-18)13-22-20(25)21(26)23-15-9-5-7-11-19(15)28-3/h4-12,16H,13H2,1-3H3,(H,22,25)(H,23,26)/t16-/m1/s1. The summed E-state index contributed by atoms with van der Waals surface area (Å²) in [6.07, 6.45) is 1.92. The van der Waals surface area contributed by atoms with Crippen molar-refractivity contribution in [2.75, 3.05) is 32.2 Å². The summed E-state index contributed by atoms with van der Waals surface area (Å²) < 4.78 is 5.91. The van der Waals surface area contributed by atoms with Crippen LogP contribution in [0.25, 0.3) is 11.0 Å². The lowest BCUT2D eigenvalue weighted by atomic mass is 10.2. The molecule has 3 rings (SSSR count). The number of amides is 2. The summed E-state index contributed by atoms with van der Waals surface area (Å²) in [5, 5.41) is 6.37. The third kappa shape index (κ3) is 4.55. The molecule has 0 fully saturated rings. The molecule has 0 spiro atoms. The maximum Gasteiger partial charge on any atom is 0.313 e. The van der Waals surface area contributed by atoms with Gasteiger partial charge in [-0.05, 0) is 44.6 Å². The monoisotopic (exact) mass is 397 g/mol. The molecular weight excluding hydrogens is 374 g/mol. The van der Waals surface area contributed by atoms with Crippen LogP contribution in [0, 0.1) is 0 Å². The molecule has 1 aromatic heterocycles. The molecule has 2 N–H and O–H groups in total. The van der Waals surface area contributed by atoms with Crippen LogP contribution in [0.4, 0.5) is 5.69 Å². The van der Waals surface area contributed by atoms with Gasteiger partial charge in [0.1, 0.15) is 11.3 Å². The van der Waals surface area contributed by atoms with Gasteiger partial charge in [-0.2, -0.15) is 0 Å². The maximum atomic E-state index is 12.3. The van der Waals surface area contributed by atoms with Crippen molar-refractivity contribution in [1.29, 1.82) is 0 Å². The van der Waals surface area contributed by atoms with E-state index in [-0.39, 0.29) is 12.6 Å². The Labute approximate surface area is 168 Å². The minimum Gasteiger partial charge on any atom is -0.459 e. The summed E-state index contributed by atoms with van der Waals surface area (Å²) in [4.78, 5) is 27.4. The Balaban J connectivity index is 1.66. The van der Waals surface area contributed by atoms with Gasteiger partial charge in [0.15, 0.2) is 0 Å². The zero-order valence-electron chi connectivity index (χ0n) is 16.1. The number of carbonyl (C=O) groups excluding carboxylic acids is 2. The van der Waals surface area contributed by atoms with E-state index in [4.69, 9.17) is 4.42 Å². The largest absolute Gasteiger partial charge is 0.459 e. The van der Waals surface area contributed by atoms with Crippen molar-refractivity contribution in [3.8, 4) is 0 Å². The van der Waals surface area contributed by atoms with Crippen LogP contribution in [0.2, 0.25) is 0 Å². The van der Waals surface area contributed by atoms with Crippen molar-refractivity contribution < 1.29 is 14.0 Å².